The van der Waals surface area contributed by atoms with Gasteiger partial charge in [0, 0.05) is 31.8 Å². The van der Waals surface area contributed by atoms with Gasteiger partial charge in [0.2, 0.25) is 5.88 Å². The maximum Gasteiger partial charge on any atom is 0.258 e. The van der Waals surface area contributed by atoms with Crippen LogP contribution in [0.1, 0.15) is 21.3 Å². The van der Waals surface area contributed by atoms with Gasteiger partial charge in [-0.15, -0.1) is 16.4 Å². The monoisotopic (exact) mass is 329 g/mol. The van der Waals surface area contributed by atoms with Crippen LogP contribution in [0.15, 0.2) is 18.3 Å². The molecule has 0 spiro atoms. The third-order valence-electron chi connectivity index (χ3n) is 2.88. The molecule has 0 saturated carbocycles. The summed E-state index contributed by atoms with van der Waals surface area (Å²) in [6.45, 7) is 0.338. The van der Waals surface area contributed by atoms with Gasteiger partial charge in [-0.3, -0.25) is 9.48 Å². The number of aryl methyl sites for hydroxylation is 1. The predicted octanol–water partition coefficient (Wildman–Crippen LogP) is 2.26. The van der Waals surface area contributed by atoms with Crippen LogP contribution in [-0.2, 0) is 11.8 Å². The number of hydrogen-bond donors (Lipinski definition) is 1. The molecule has 0 unspecified atom stereocenters. The van der Waals surface area contributed by atoms with Crippen molar-refractivity contribution < 1.29 is 14.3 Å². The zero-order chi connectivity index (χ0) is 15.4. The number of amides is 1. The number of ether oxygens (including phenoxy) is 2. The van der Waals surface area contributed by atoms with Crippen LogP contribution >= 0.6 is 22.9 Å². The minimum absolute atomic E-state index is 0.242. The summed E-state index contributed by atoms with van der Waals surface area (Å²) in [5.74, 6) is 0.0350. The zero-order valence-electron chi connectivity index (χ0n) is 11.9. The van der Waals surface area contributed by atoms with Gasteiger partial charge < -0.3 is 14.8 Å². The average molecular weight is 330 g/mol. The number of methoxy groups -OCH3 is 2. The van der Waals surface area contributed by atoms with E-state index in [0.29, 0.717) is 22.3 Å². The van der Waals surface area contributed by atoms with Crippen molar-refractivity contribution in [3.63, 3.8) is 0 Å². The molecule has 0 aliphatic heterocycles. The van der Waals surface area contributed by atoms with E-state index in [-0.39, 0.29) is 12.0 Å². The summed E-state index contributed by atoms with van der Waals surface area (Å²) in [6.07, 6.45) is 1.37. The molecule has 0 aromatic carbocycles. The minimum atomic E-state index is -0.260. The molecule has 6 nitrogen and oxygen atoms in total. The first kappa shape index (κ1) is 15.8. The number of aromatic nitrogens is 2. The van der Waals surface area contributed by atoms with Crippen LogP contribution in [0.2, 0.25) is 4.34 Å². The van der Waals surface area contributed by atoms with Gasteiger partial charge in [0.25, 0.3) is 5.91 Å². The van der Waals surface area contributed by atoms with Gasteiger partial charge in [-0.05, 0) is 12.1 Å². The molecule has 2 rings (SSSR count). The third kappa shape index (κ3) is 3.75. The third-order valence-corrected chi connectivity index (χ3v) is 4.20. The molecule has 2 heterocycles. The molecule has 0 fully saturated rings. The van der Waals surface area contributed by atoms with Gasteiger partial charge >= 0.3 is 0 Å². The fraction of sp³-hybridized carbons (Fsp3) is 0.385. The molecule has 114 valence electrons. The first-order valence-corrected chi connectivity index (χ1v) is 7.38. The van der Waals surface area contributed by atoms with E-state index >= 15 is 0 Å². The van der Waals surface area contributed by atoms with Crippen molar-refractivity contribution in [3.05, 3.63) is 33.1 Å². The standard InChI is InChI=1S/C13H16ClN3O3S/c1-17-7-8(13(16-17)20-3)12(18)15-6-9(19-2)10-4-5-11(14)21-10/h4-5,7,9H,6H2,1-3H3,(H,15,18)/t9-/m1/s1. The van der Waals surface area contributed by atoms with E-state index in [2.05, 4.69) is 10.4 Å². The number of rotatable bonds is 6. The maximum atomic E-state index is 12.2. The van der Waals surface area contributed by atoms with Gasteiger partial charge in [-0.2, -0.15) is 0 Å². The van der Waals surface area contributed by atoms with Crippen molar-refractivity contribution in [1.29, 1.82) is 0 Å². The Balaban J connectivity index is 2.02. The summed E-state index contributed by atoms with van der Waals surface area (Å²) in [5, 5.41) is 6.86. The highest BCUT2D eigenvalue weighted by Gasteiger charge is 2.19. The summed E-state index contributed by atoms with van der Waals surface area (Å²) < 4.78 is 12.7. The normalized spacial score (nSPS) is 12.2. The Kier molecular flexibility index (Phi) is 5.22. The number of nitrogens with one attached hydrogen (secondary N) is 1. The molecule has 2 aromatic rings. The first-order valence-electron chi connectivity index (χ1n) is 6.19. The Hall–Kier alpha value is -1.57. The van der Waals surface area contributed by atoms with E-state index in [1.54, 1.807) is 26.4 Å². The number of hydrogen-bond acceptors (Lipinski definition) is 5. The van der Waals surface area contributed by atoms with Gasteiger partial charge in [-0.25, -0.2) is 0 Å². The fourth-order valence-electron chi connectivity index (χ4n) is 1.86. The molecule has 2 aromatic heterocycles. The SMILES string of the molecule is COc1nn(C)cc1C(=O)NC[C@@H](OC)c1ccc(Cl)s1. The van der Waals surface area contributed by atoms with E-state index in [4.69, 9.17) is 21.1 Å². The van der Waals surface area contributed by atoms with Crippen molar-refractivity contribution in [2.45, 2.75) is 6.10 Å². The molecule has 1 N–H and O–H groups in total. The first-order chi connectivity index (χ1) is 10.0. The van der Waals surface area contributed by atoms with Gasteiger partial charge in [0.05, 0.1) is 11.4 Å². The maximum absolute atomic E-state index is 12.2. The number of carbonyl (C=O) groups is 1. The molecule has 0 bridgehead atoms. The lowest BCUT2D eigenvalue weighted by Crippen LogP contribution is -2.28. The van der Waals surface area contributed by atoms with E-state index in [9.17, 15) is 4.79 Å². The van der Waals surface area contributed by atoms with E-state index in [0.717, 1.165) is 4.88 Å². The van der Waals surface area contributed by atoms with Gasteiger partial charge in [-0.1, -0.05) is 11.6 Å². The lowest BCUT2D eigenvalue weighted by molar-refractivity contribution is 0.0835. The lowest BCUT2D eigenvalue weighted by atomic mass is 10.2. The van der Waals surface area contributed by atoms with Gasteiger partial charge in [0.1, 0.15) is 11.7 Å². The van der Waals surface area contributed by atoms with E-state index in [1.165, 1.54) is 23.1 Å². The second-order valence-corrected chi connectivity index (χ2v) is 6.05. The molecular formula is C13H16ClN3O3S. The summed E-state index contributed by atoms with van der Waals surface area (Å²) >= 11 is 7.34. The topological polar surface area (TPSA) is 65.4 Å². The van der Waals surface area contributed by atoms with Gasteiger partial charge in [0.15, 0.2) is 0 Å². The Labute approximate surface area is 131 Å². The second-order valence-electron chi connectivity index (χ2n) is 4.30. The van der Waals surface area contributed by atoms with Crippen LogP contribution in [0, 0.1) is 0 Å². The smallest absolute Gasteiger partial charge is 0.258 e. The highest BCUT2D eigenvalue weighted by molar-refractivity contribution is 7.16. The molecule has 0 aliphatic rings. The fourth-order valence-corrected chi connectivity index (χ4v) is 3.00. The van der Waals surface area contributed by atoms with Crippen LogP contribution in [-0.4, -0.2) is 36.5 Å². The molecular weight excluding hydrogens is 314 g/mol. The lowest BCUT2D eigenvalue weighted by Gasteiger charge is -2.14. The molecule has 1 atom stereocenters. The van der Waals surface area contributed by atoms with E-state index < -0.39 is 0 Å². The van der Waals surface area contributed by atoms with Crippen LogP contribution in [0.4, 0.5) is 0 Å². The molecule has 1 amide bonds. The molecule has 0 aliphatic carbocycles. The van der Waals surface area contributed by atoms with Crippen molar-refractivity contribution in [2.75, 3.05) is 20.8 Å². The van der Waals surface area contributed by atoms with Crippen LogP contribution in [0.5, 0.6) is 5.88 Å². The summed E-state index contributed by atoms with van der Waals surface area (Å²) in [5.41, 5.74) is 0.388. The zero-order valence-corrected chi connectivity index (χ0v) is 13.5. The minimum Gasteiger partial charge on any atom is -0.479 e. The Morgan fingerprint density at radius 3 is 2.86 bits per heavy atom. The Bertz CT molecular complexity index is 626. The highest BCUT2D eigenvalue weighted by Crippen LogP contribution is 2.28. The molecule has 21 heavy (non-hydrogen) atoms. The Morgan fingerprint density at radius 2 is 2.29 bits per heavy atom. The molecule has 0 radical (unpaired) electrons. The number of thiophene rings is 1. The summed E-state index contributed by atoms with van der Waals surface area (Å²) in [6, 6.07) is 3.69. The second kappa shape index (κ2) is 6.93. The predicted molar refractivity (Wildman–Crippen MR) is 81.2 cm³/mol. The van der Waals surface area contributed by atoms with Crippen LogP contribution in [0.25, 0.3) is 0 Å². The number of halogens is 1. The highest BCUT2D eigenvalue weighted by atomic mass is 35.5. The Morgan fingerprint density at radius 1 is 1.52 bits per heavy atom. The largest absolute Gasteiger partial charge is 0.479 e. The molecule has 8 heteroatoms. The van der Waals surface area contributed by atoms with Crippen molar-refractivity contribution in [3.8, 4) is 5.88 Å². The average Bonchev–Trinajstić information content (AvgIpc) is 3.05. The quantitative estimate of drug-likeness (QED) is 0.883. The summed E-state index contributed by atoms with van der Waals surface area (Å²) in [7, 11) is 4.80. The van der Waals surface area contributed by atoms with Crippen molar-refractivity contribution in [2.24, 2.45) is 7.05 Å². The van der Waals surface area contributed by atoms with E-state index in [1.807, 2.05) is 6.07 Å². The van der Waals surface area contributed by atoms with Crippen LogP contribution < -0.4 is 10.1 Å². The summed E-state index contributed by atoms with van der Waals surface area (Å²) in [4.78, 5) is 13.1. The van der Waals surface area contributed by atoms with Crippen molar-refractivity contribution >= 4 is 28.8 Å². The number of nitrogens with zero attached hydrogens (tertiary/aromatic N) is 2. The van der Waals surface area contributed by atoms with Crippen LogP contribution in [0.3, 0.4) is 0 Å². The number of carbonyl (C=O) groups excluding carboxylic acids is 1. The molecule has 0 saturated heterocycles. The van der Waals surface area contributed by atoms with Crippen molar-refractivity contribution in [1.82, 2.24) is 15.1 Å².